The van der Waals surface area contributed by atoms with E-state index in [2.05, 4.69) is 31.0 Å². The molecule has 0 aliphatic heterocycles. The summed E-state index contributed by atoms with van der Waals surface area (Å²) in [4.78, 5) is 4.34. The molecule has 2 N–H and O–H groups in total. The van der Waals surface area contributed by atoms with Crippen LogP contribution in [0.5, 0.6) is 11.5 Å². The van der Waals surface area contributed by atoms with E-state index < -0.39 is 0 Å². The van der Waals surface area contributed by atoms with E-state index in [1.807, 2.05) is 24.3 Å². The summed E-state index contributed by atoms with van der Waals surface area (Å²) in [6, 6.07) is 12.0. The summed E-state index contributed by atoms with van der Waals surface area (Å²) in [7, 11) is 0. The van der Waals surface area contributed by atoms with Crippen molar-refractivity contribution in [2.24, 2.45) is 5.73 Å². The minimum absolute atomic E-state index is 0.00243. The first-order chi connectivity index (χ1) is 9.72. The van der Waals surface area contributed by atoms with Crippen LogP contribution in [0.3, 0.4) is 0 Å². The van der Waals surface area contributed by atoms with Crippen LogP contribution in [-0.2, 0) is 6.42 Å². The van der Waals surface area contributed by atoms with Crippen molar-refractivity contribution in [1.29, 1.82) is 0 Å². The Morgan fingerprint density at radius 3 is 2.30 bits per heavy atom. The maximum absolute atomic E-state index is 5.94. The van der Waals surface area contributed by atoms with Crippen molar-refractivity contribution in [3.8, 4) is 11.5 Å². The van der Waals surface area contributed by atoms with E-state index in [0.717, 1.165) is 36.5 Å². The van der Waals surface area contributed by atoms with Crippen molar-refractivity contribution in [3.05, 3.63) is 53.9 Å². The third-order valence-corrected chi connectivity index (χ3v) is 3.28. The third kappa shape index (κ3) is 3.81. The van der Waals surface area contributed by atoms with Gasteiger partial charge in [0.25, 0.3) is 0 Å². The molecule has 0 saturated carbocycles. The van der Waals surface area contributed by atoms with Gasteiger partial charge >= 0.3 is 0 Å². The van der Waals surface area contributed by atoms with Crippen LogP contribution in [0.25, 0.3) is 0 Å². The van der Waals surface area contributed by atoms with Crippen LogP contribution in [0.2, 0.25) is 0 Å². The topological polar surface area (TPSA) is 48.1 Å². The number of hydrogen-bond acceptors (Lipinski definition) is 3. The molecule has 0 fully saturated rings. The molecule has 0 aliphatic rings. The van der Waals surface area contributed by atoms with Gasteiger partial charge in [0, 0.05) is 6.04 Å². The summed E-state index contributed by atoms with van der Waals surface area (Å²) < 4.78 is 5.78. The van der Waals surface area contributed by atoms with Gasteiger partial charge in [0.05, 0.1) is 11.9 Å². The van der Waals surface area contributed by atoms with Crippen molar-refractivity contribution in [2.45, 2.75) is 39.2 Å². The molecule has 106 valence electrons. The predicted molar refractivity (Wildman–Crippen MR) is 82.0 cm³/mol. The first-order valence-corrected chi connectivity index (χ1v) is 7.21. The zero-order valence-corrected chi connectivity index (χ0v) is 12.2. The number of ether oxygens (including phenoxy) is 1. The fraction of sp³-hybridized carbons (Fsp3) is 0.353. The number of pyridine rings is 1. The lowest BCUT2D eigenvalue weighted by Gasteiger charge is -2.10. The molecule has 0 saturated heterocycles. The van der Waals surface area contributed by atoms with Crippen LogP contribution < -0.4 is 10.5 Å². The number of benzene rings is 1. The van der Waals surface area contributed by atoms with Gasteiger partial charge in [0.15, 0.2) is 0 Å². The van der Waals surface area contributed by atoms with Crippen LogP contribution in [0.1, 0.15) is 44.0 Å². The summed E-state index contributed by atoms with van der Waals surface area (Å²) in [5.41, 5.74) is 8.18. The Hall–Kier alpha value is -1.87. The van der Waals surface area contributed by atoms with Crippen LogP contribution >= 0.6 is 0 Å². The normalized spacial score (nSPS) is 12.2. The highest BCUT2D eigenvalue weighted by atomic mass is 16.5. The smallest absolute Gasteiger partial charge is 0.145 e. The minimum Gasteiger partial charge on any atom is -0.456 e. The highest BCUT2D eigenvalue weighted by Crippen LogP contribution is 2.22. The quantitative estimate of drug-likeness (QED) is 0.854. The van der Waals surface area contributed by atoms with Gasteiger partial charge < -0.3 is 10.5 Å². The summed E-state index contributed by atoms with van der Waals surface area (Å²) in [6.45, 7) is 4.23. The van der Waals surface area contributed by atoms with Gasteiger partial charge in [0.1, 0.15) is 11.5 Å². The molecule has 0 bridgehead atoms. The molecular weight excluding hydrogens is 248 g/mol. The second-order valence-electron chi connectivity index (χ2n) is 4.93. The summed E-state index contributed by atoms with van der Waals surface area (Å²) in [5, 5.41) is 0. The Morgan fingerprint density at radius 2 is 1.75 bits per heavy atom. The van der Waals surface area contributed by atoms with E-state index in [-0.39, 0.29) is 6.04 Å². The van der Waals surface area contributed by atoms with Gasteiger partial charge in [-0.2, -0.15) is 0 Å². The number of aromatic nitrogens is 1. The largest absolute Gasteiger partial charge is 0.456 e. The van der Waals surface area contributed by atoms with Crippen LogP contribution in [0.4, 0.5) is 0 Å². The molecule has 1 aromatic carbocycles. The van der Waals surface area contributed by atoms with E-state index in [1.165, 1.54) is 5.56 Å². The van der Waals surface area contributed by atoms with E-state index in [0.29, 0.717) is 0 Å². The summed E-state index contributed by atoms with van der Waals surface area (Å²) in [5.74, 6) is 1.57. The molecule has 3 nitrogen and oxygen atoms in total. The molecule has 2 rings (SSSR count). The van der Waals surface area contributed by atoms with Crippen molar-refractivity contribution < 1.29 is 4.74 Å². The van der Waals surface area contributed by atoms with Gasteiger partial charge in [-0.1, -0.05) is 32.4 Å². The fourth-order valence-corrected chi connectivity index (χ4v) is 2.03. The maximum atomic E-state index is 5.94. The van der Waals surface area contributed by atoms with Crippen LogP contribution in [0.15, 0.2) is 42.6 Å². The molecule has 0 radical (unpaired) electrons. The van der Waals surface area contributed by atoms with Crippen LogP contribution in [-0.4, -0.2) is 4.98 Å². The van der Waals surface area contributed by atoms with E-state index >= 15 is 0 Å². The van der Waals surface area contributed by atoms with Gasteiger partial charge in [-0.3, -0.25) is 4.98 Å². The Labute approximate surface area is 120 Å². The minimum atomic E-state index is -0.00243. The van der Waals surface area contributed by atoms with Crippen LogP contribution in [0, 0.1) is 0 Å². The van der Waals surface area contributed by atoms with Crippen molar-refractivity contribution in [1.82, 2.24) is 4.98 Å². The monoisotopic (exact) mass is 270 g/mol. The molecule has 0 spiro atoms. The molecule has 1 heterocycles. The standard InChI is InChI=1S/C17H22N2O/c1-3-5-13-6-8-14(9-7-13)20-15-10-11-17(19-12-15)16(18)4-2/h6-12,16H,3-5,18H2,1-2H3. The Bertz CT molecular complexity index is 520. The lowest BCUT2D eigenvalue weighted by atomic mass is 10.1. The fourth-order valence-electron chi connectivity index (χ4n) is 2.03. The number of hydrogen-bond donors (Lipinski definition) is 1. The van der Waals surface area contributed by atoms with Gasteiger partial charge in [-0.25, -0.2) is 0 Å². The number of aryl methyl sites for hydroxylation is 1. The average molecular weight is 270 g/mol. The highest BCUT2D eigenvalue weighted by molar-refractivity contribution is 5.32. The lowest BCUT2D eigenvalue weighted by Crippen LogP contribution is -2.10. The molecule has 0 amide bonds. The number of rotatable bonds is 6. The molecule has 1 unspecified atom stereocenters. The average Bonchev–Trinajstić information content (AvgIpc) is 2.49. The second-order valence-corrected chi connectivity index (χ2v) is 4.93. The molecule has 1 atom stereocenters. The predicted octanol–water partition coefficient (Wildman–Crippen LogP) is 4.24. The molecule has 0 aliphatic carbocycles. The molecular formula is C17H22N2O. The van der Waals surface area contributed by atoms with Crippen molar-refractivity contribution in [3.63, 3.8) is 0 Å². The Kier molecular flexibility index (Phi) is 5.13. The molecule has 1 aromatic heterocycles. The summed E-state index contributed by atoms with van der Waals surface area (Å²) in [6.07, 6.45) is 4.87. The summed E-state index contributed by atoms with van der Waals surface area (Å²) >= 11 is 0. The Balaban J connectivity index is 2.02. The molecule has 3 heteroatoms. The SMILES string of the molecule is CCCc1ccc(Oc2ccc(C(N)CC)nc2)cc1. The highest BCUT2D eigenvalue weighted by Gasteiger charge is 2.05. The first-order valence-electron chi connectivity index (χ1n) is 7.21. The number of nitrogens with zero attached hydrogens (tertiary/aromatic N) is 1. The van der Waals surface area contributed by atoms with Gasteiger partial charge in [0.2, 0.25) is 0 Å². The molecule has 2 aromatic rings. The van der Waals surface area contributed by atoms with Crippen molar-refractivity contribution >= 4 is 0 Å². The van der Waals surface area contributed by atoms with Gasteiger partial charge in [-0.15, -0.1) is 0 Å². The maximum Gasteiger partial charge on any atom is 0.145 e. The van der Waals surface area contributed by atoms with E-state index in [1.54, 1.807) is 6.20 Å². The van der Waals surface area contributed by atoms with Gasteiger partial charge in [-0.05, 0) is 42.7 Å². The number of nitrogens with two attached hydrogens (primary N) is 1. The zero-order chi connectivity index (χ0) is 14.4. The third-order valence-electron chi connectivity index (χ3n) is 3.28. The van der Waals surface area contributed by atoms with E-state index in [4.69, 9.17) is 10.5 Å². The van der Waals surface area contributed by atoms with E-state index in [9.17, 15) is 0 Å². The first kappa shape index (κ1) is 14.5. The molecule has 20 heavy (non-hydrogen) atoms. The second kappa shape index (κ2) is 7.06. The Morgan fingerprint density at radius 1 is 1.05 bits per heavy atom. The zero-order valence-electron chi connectivity index (χ0n) is 12.2. The van der Waals surface area contributed by atoms with Crippen molar-refractivity contribution in [2.75, 3.05) is 0 Å². The lowest BCUT2D eigenvalue weighted by molar-refractivity contribution is 0.478.